The summed E-state index contributed by atoms with van der Waals surface area (Å²) in [5.41, 5.74) is 8.91. The van der Waals surface area contributed by atoms with E-state index in [1.54, 1.807) is 17.4 Å². The molecule has 0 spiro atoms. The predicted octanol–water partition coefficient (Wildman–Crippen LogP) is 4.16. The number of anilines is 2. The van der Waals surface area contributed by atoms with Crippen molar-refractivity contribution in [1.82, 2.24) is 0 Å². The van der Waals surface area contributed by atoms with Gasteiger partial charge in [0.15, 0.2) is 0 Å². The summed E-state index contributed by atoms with van der Waals surface area (Å²) in [7, 11) is 0. The van der Waals surface area contributed by atoms with Crippen molar-refractivity contribution in [1.29, 1.82) is 0 Å². The first-order valence-corrected chi connectivity index (χ1v) is 6.80. The van der Waals surface area contributed by atoms with Crippen molar-refractivity contribution in [2.75, 3.05) is 11.1 Å². The standard InChI is InChI=1S/C13H15ClN2S/c1-2-9-5-6-17-13(9)8-16-12-4-3-10(14)7-11(12)15/h3-7,16H,2,8,15H2,1H3. The first-order chi connectivity index (χ1) is 8.20. The van der Waals surface area contributed by atoms with Gasteiger partial charge < -0.3 is 11.1 Å². The fourth-order valence-corrected chi connectivity index (χ4v) is 2.80. The highest BCUT2D eigenvalue weighted by Crippen LogP contribution is 2.25. The lowest BCUT2D eigenvalue weighted by molar-refractivity contribution is 1.08. The lowest BCUT2D eigenvalue weighted by atomic mass is 10.2. The first kappa shape index (κ1) is 12.3. The summed E-state index contributed by atoms with van der Waals surface area (Å²) in [6.45, 7) is 2.98. The van der Waals surface area contributed by atoms with Crippen LogP contribution in [-0.2, 0) is 13.0 Å². The molecule has 0 aliphatic rings. The maximum atomic E-state index is 5.89. The molecule has 1 heterocycles. The molecule has 0 atom stereocenters. The highest BCUT2D eigenvalue weighted by atomic mass is 35.5. The number of benzene rings is 1. The van der Waals surface area contributed by atoms with Crippen LogP contribution < -0.4 is 11.1 Å². The predicted molar refractivity (Wildman–Crippen MR) is 76.9 cm³/mol. The molecule has 1 aromatic heterocycles. The number of rotatable bonds is 4. The fraction of sp³-hybridized carbons (Fsp3) is 0.231. The summed E-state index contributed by atoms with van der Waals surface area (Å²) in [4.78, 5) is 1.36. The maximum Gasteiger partial charge on any atom is 0.0577 e. The van der Waals surface area contributed by atoms with Gasteiger partial charge in [0.2, 0.25) is 0 Å². The van der Waals surface area contributed by atoms with E-state index >= 15 is 0 Å². The van der Waals surface area contributed by atoms with Crippen LogP contribution >= 0.6 is 22.9 Å². The fourth-order valence-electron chi connectivity index (χ4n) is 1.71. The van der Waals surface area contributed by atoms with Gasteiger partial charge in [-0.05, 0) is 41.6 Å². The van der Waals surface area contributed by atoms with Gasteiger partial charge in [-0.25, -0.2) is 0 Å². The van der Waals surface area contributed by atoms with E-state index in [9.17, 15) is 0 Å². The molecule has 0 unspecified atom stereocenters. The first-order valence-electron chi connectivity index (χ1n) is 5.55. The Balaban J connectivity index is 2.07. The van der Waals surface area contributed by atoms with Crippen LogP contribution in [0.2, 0.25) is 5.02 Å². The zero-order valence-corrected chi connectivity index (χ0v) is 11.2. The molecule has 4 heteroatoms. The summed E-state index contributed by atoms with van der Waals surface area (Å²) in [5.74, 6) is 0. The Morgan fingerprint density at radius 2 is 2.18 bits per heavy atom. The van der Waals surface area contributed by atoms with Gasteiger partial charge in [-0.3, -0.25) is 0 Å². The molecule has 2 rings (SSSR count). The molecule has 3 N–H and O–H groups in total. The van der Waals surface area contributed by atoms with E-state index in [2.05, 4.69) is 23.7 Å². The van der Waals surface area contributed by atoms with E-state index in [0.29, 0.717) is 10.7 Å². The molecule has 17 heavy (non-hydrogen) atoms. The van der Waals surface area contributed by atoms with Crippen molar-refractivity contribution in [3.05, 3.63) is 45.1 Å². The number of hydrogen-bond acceptors (Lipinski definition) is 3. The van der Waals surface area contributed by atoms with Crippen LogP contribution in [0.3, 0.4) is 0 Å². The van der Waals surface area contributed by atoms with Gasteiger partial charge in [-0.15, -0.1) is 11.3 Å². The van der Waals surface area contributed by atoms with E-state index < -0.39 is 0 Å². The van der Waals surface area contributed by atoms with E-state index in [4.69, 9.17) is 17.3 Å². The SMILES string of the molecule is CCc1ccsc1CNc1ccc(Cl)cc1N. The minimum atomic E-state index is 0.665. The zero-order chi connectivity index (χ0) is 12.3. The lowest BCUT2D eigenvalue weighted by Gasteiger charge is -2.09. The maximum absolute atomic E-state index is 5.89. The van der Waals surface area contributed by atoms with Crippen molar-refractivity contribution in [3.8, 4) is 0 Å². The molecule has 1 aromatic carbocycles. The van der Waals surface area contributed by atoms with Crippen molar-refractivity contribution < 1.29 is 0 Å². The average molecular weight is 267 g/mol. The Bertz CT molecular complexity index is 508. The summed E-state index contributed by atoms with van der Waals surface area (Å²) < 4.78 is 0. The number of nitrogens with one attached hydrogen (secondary N) is 1. The molecule has 0 saturated carbocycles. The van der Waals surface area contributed by atoms with Crippen LogP contribution in [-0.4, -0.2) is 0 Å². The zero-order valence-electron chi connectivity index (χ0n) is 9.66. The second-order valence-electron chi connectivity index (χ2n) is 3.81. The molecule has 0 aliphatic heterocycles. The van der Waals surface area contributed by atoms with E-state index in [0.717, 1.165) is 18.7 Å². The number of thiophene rings is 1. The number of hydrogen-bond donors (Lipinski definition) is 2. The van der Waals surface area contributed by atoms with Crippen LogP contribution in [0.25, 0.3) is 0 Å². The number of halogens is 1. The molecule has 2 aromatic rings. The summed E-state index contributed by atoms with van der Waals surface area (Å²) in [6, 6.07) is 7.69. The van der Waals surface area contributed by atoms with Crippen molar-refractivity contribution in [2.24, 2.45) is 0 Å². The Kier molecular flexibility index (Phi) is 3.92. The second kappa shape index (κ2) is 5.43. The van der Waals surface area contributed by atoms with Crippen molar-refractivity contribution >= 4 is 34.3 Å². The molecule has 0 radical (unpaired) electrons. The molecular weight excluding hydrogens is 252 g/mol. The van der Waals surface area contributed by atoms with Gasteiger partial charge in [-0.1, -0.05) is 18.5 Å². The van der Waals surface area contributed by atoms with E-state index in [-0.39, 0.29) is 0 Å². The van der Waals surface area contributed by atoms with Crippen LogP contribution in [0.1, 0.15) is 17.4 Å². The van der Waals surface area contributed by atoms with Crippen LogP contribution in [0.5, 0.6) is 0 Å². The molecule has 0 saturated heterocycles. The largest absolute Gasteiger partial charge is 0.397 e. The quantitative estimate of drug-likeness (QED) is 0.816. The van der Waals surface area contributed by atoms with E-state index in [1.165, 1.54) is 10.4 Å². The number of aryl methyl sites for hydroxylation is 1. The average Bonchev–Trinajstić information content (AvgIpc) is 2.75. The lowest BCUT2D eigenvalue weighted by Crippen LogP contribution is -2.02. The molecule has 2 nitrogen and oxygen atoms in total. The summed E-state index contributed by atoms with van der Waals surface area (Å²) in [5, 5.41) is 6.14. The Morgan fingerprint density at radius 3 is 2.88 bits per heavy atom. The molecule has 0 amide bonds. The van der Waals surface area contributed by atoms with E-state index in [1.807, 2.05) is 12.1 Å². The summed E-state index contributed by atoms with van der Waals surface area (Å²) >= 11 is 7.63. The molecule has 0 aliphatic carbocycles. The number of nitrogens with two attached hydrogens (primary N) is 1. The third-order valence-corrected chi connectivity index (χ3v) is 3.87. The molecular formula is C13H15ClN2S. The van der Waals surface area contributed by atoms with Crippen LogP contribution in [0, 0.1) is 0 Å². The van der Waals surface area contributed by atoms with Crippen molar-refractivity contribution in [2.45, 2.75) is 19.9 Å². The van der Waals surface area contributed by atoms with Gasteiger partial charge in [0.1, 0.15) is 0 Å². The van der Waals surface area contributed by atoms with Gasteiger partial charge in [0.05, 0.1) is 11.4 Å². The van der Waals surface area contributed by atoms with Gasteiger partial charge in [0, 0.05) is 16.4 Å². The third kappa shape index (κ3) is 2.93. The molecule has 90 valence electrons. The highest BCUT2D eigenvalue weighted by Gasteiger charge is 2.04. The number of nitrogen functional groups attached to an aromatic ring is 1. The second-order valence-corrected chi connectivity index (χ2v) is 5.24. The normalized spacial score (nSPS) is 10.5. The highest BCUT2D eigenvalue weighted by molar-refractivity contribution is 7.10. The summed E-state index contributed by atoms with van der Waals surface area (Å²) in [6.07, 6.45) is 1.07. The topological polar surface area (TPSA) is 38.0 Å². The monoisotopic (exact) mass is 266 g/mol. The van der Waals surface area contributed by atoms with Crippen LogP contribution in [0.4, 0.5) is 11.4 Å². The molecule has 0 fully saturated rings. The van der Waals surface area contributed by atoms with Crippen molar-refractivity contribution in [3.63, 3.8) is 0 Å². The minimum absolute atomic E-state index is 0.665. The smallest absolute Gasteiger partial charge is 0.0577 e. The molecule has 0 bridgehead atoms. The van der Waals surface area contributed by atoms with Gasteiger partial charge >= 0.3 is 0 Å². The Hall–Kier alpha value is -1.19. The van der Waals surface area contributed by atoms with Gasteiger partial charge in [0.25, 0.3) is 0 Å². The van der Waals surface area contributed by atoms with Gasteiger partial charge in [-0.2, -0.15) is 0 Å². The van der Waals surface area contributed by atoms with Crippen LogP contribution in [0.15, 0.2) is 29.6 Å². The third-order valence-electron chi connectivity index (χ3n) is 2.67. The minimum Gasteiger partial charge on any atom is -0.397 e. The Morgan fingerprint density at radius 1 is 1.35 bits per heavy atom. The Labute approximate surface area is 110 Å².